The number of rotatable bonds is 4. The maximum atomic E-state index is 10.3. The molecule has 0 aliphatic carbocycles. The largest absolute Gasteiger partial charge is 0.369 e. The Kier molecular flexibility index (Phi) is 4.94. The van der Waals surface area contributed by atoms with Gasteiger partial charge >= 0.3 is 0 Å². The zero-order chi connectivity index (χ0) is 10.3. The average Bonchev–Trinajstić information content (AvgIpc) is 2.00. The average molecular weight is 183 g/mol. The molecule has 0 saturated heterocycles. The number of carbonyl (C=O) groups excluding carboxylic acids is 1. The van der Waals surface area contributed by atoms with Crippen LogP contribution in [-0.2, 0) is 4.79 Å². The number of guanidine groups is 1. The predicted molar refractivity (Wildman–Crippen MR) is 51.9 cm³/mol. The van der Waals surface area contributed by atoms with E-state index in [2.05, 4.69) is 10.2 Å². The van der Waals surface area contributed by atoms with Crippen molar-refractivity contribution in [3.63, 3.8) is 0 Å². The van der Waals surface area contributed by atoms with Gasteiger partial charge in [0.1, 0.15) is 0 Å². The van der Waals surface area contributed by atoms with Crippen molar-refractivity contribution in [1.82, 2.24) is 0 Å². The molecule has 13 heavy (non-hydrogen) atoms. The standard InChI is InChI=1S/C7H13N5O/c1-5(11-12-7(9)10)3-2-4-6(8)13/h2,4H,3H2,1H3,(H2,8,13)(H4,9,10,12). The number of amides is 1. The molecule has 0 fully saturated rings. The molecule has 0 radical (unpaired) electrons. The molecule has 0 aromatic rings. The Morgan fingerprint density at radius 2 is 1.92 bits per heavy atom. The molecule has 72 valence electrons. The van der Waals surface area contributed by atoms with Gasteiger partial charge in [0.05, 0.1) is 0 Å². The summed E-state index contributed by atoms with van der Waals surface area (Å²) in [6.07, 6.45) is 3.33. The topological polar surface area (TPSA) is 120 Å². The van der Waals surface area contributed by atoms with Crippen LogP contribution in [0.1, 0.15) is 13.3 Å². The highest BCUT2D eigenvalue weighted by atomic mass is 16.1. The van der Waals surface area contributed by atoms with E-state index in [1.54, 1.807) is 13.0 Å². The highest BCUT2D eigenvalue weighted by Gasteiger charge is 1.87. The Hall–Kier alpha value is -1.85. The summed E-state index contributed by atoms with van der Waals surface area (Å²) in [6.45, 7) is 1.73. The van der Waals surface area contributed by atoms with Gasteiger partial charge in [-0.05, 0) is 13.0 Å². The van der Waals surface area contributed by atoms with Crippen LogP contribution in [0.5, 0.6) is 0 Å². The van der Waals surface area contributed by atoms with Crippen molar-refractivity contribution < 1.29 is 4.79 Å². The summed E-state index contributed by atoms with van der Waals surface area (Å²) < 4.78 is 0. The van der Waals surface area contributed by atoms with E-state index in [-0.39, 0.29) is 5.96 Å². The van der Waals surface area contributed by atoms with Crippen molar-refractivity contribution in [2.75, 3.05) is 0 Å². The van der Waals surface area contributed by atoms with Crippen LogP contribution in [0.3, 0.4) is 0 Å². The third kappa shape index (κ3) is 8.05. The molecule has 6 N–H and O–H groups in total. The zero-order valence-corrected chi connectivity index (χ0v) is 7.40. The molecular formula is C7H13N5O. The smallest absolute Gasteiger partial charge is 0.241 e. The second-order valence-electron chi connectivity index (χ2n) is 2.37. The lowest BCUT2D eigenvalue weighted by Crippen LogP contribution is -2.22. The molecule has 0 saturated carbocycles. The summed E-state index contributed by atoms with van der Waals surface area (Å²) in [5.74, 6) is -0.590. The van der Waals surface area contributed by atoms with Crippen molar-refractivity contribution in [2.45, 2.75) is 13.3 Å². The molecule has 0 aromatic carbocycles. The lowest BCUT2D eigenvalue weighted by atomic mass is 10.3. The van der Waals surface area contributed by atoms with E-state index in [0.29, 0.717) is 12.1 Å². The molecule has 0 heterocycles. The fourth-order valence-corrected chi connectivity index (χ4v) is 0.530. The van der Waals surface area contributed by atoms with E-state index in [9.17, 15) is 4.79 Å². The van der Waals surface area contributed by atoms with Crippen molar-refractivity contribution >= 4 is 17.6 Å². The highest BCUT2D eigenvalue weighted by Crippen LogP contribution is 1.89. The minimum absolute atomic E-state index is 0.0989. The van der Waals surface area contributed by atoms with E-state index in [1.807, 2.05) is 0 Å². The van der Waals surface area contributed by atoms with Crippen LogP contribution in [0.2, 0.25) is 0 Å². The van der Waals surface area contributed by atoms with Crippen molar-refractivity contribution in [1.29, 1.82) is 0 Å². The Morgan fingerprint density at radius 3 is 2.38 bits per heavy atom. The molecular weight excluding hydrogens is 170 g/mol. The number of carbonyl (C=O) groups is 1. The number of nitrogens with two attached hydrogens (primary N) is 3. The molecule has 6 nitrogen and oxygen atoms in total. The zero-order valence-electron chi connectivity index (χ0n) is 7.40. The Labute approximate surface area is 76.2 Å². The molecule has 0 atom stereocenters. The first-order valence-corrected chi connectivity index (χ1v) is 3.60. The van der Waals surface area contributed by atoms with Crippen LogP contribution in [0.25, 0.3) is 0 Å². The summed E-state index contributed by atoms with van der Waals surface area (Å²) in [5.41, 5.74) is 15.6. The first kappa shape index (κ1) is 11.2. The van der Waals surface area contributed by atoms with Crippen molar-refractivity contribution in [3.8, 4) is 0 Å². The van der Waals surface area contributed by atoms with Gasteiger partial charge in [-0.3, -0.25) is 4.79 Å². The van der Waals surface area contributed by atoms with Crippen LogP contribution >= 0.6 is 0 Å². The highest BCUT2D eigenvalue weighted by molar-refractivity contribution is 5.88. The van der Waals surface area contributed by atoms with Crippen molar-refractivity contribution in [2.24, 2.45) is 27.4 Å². The molecule has 1 amide bonds. The number of nitrogens with zero attached hydrogens (tertiary/aromatic N) is 2. The van der Waals surface area contributed by atoms with Crippen LogP contribution in [0.4, 0.5) is 0 Å². The summed E-state index contributed by atoms with van der Waals surface area (Å²) in [7, 11) is 0. The number of allylic oxidation sites excluding steroid dienone is 1. The van der Waals surface area contributed by atoms with Crippen LogP contribution in [0, 0.1) is 0 Å². The minimum Gasteiger partial charge on any atom is -0.369 e. The summed E-state index contributed by atoms with van der Waals surface area (Å²) >= 11 is 0. The summed E-state index contributed by atoms with van der Waals surface area (Å²) in [5, 5.41) is 7.10. The van der Waals surface area contributed by atoms with Gasteiger partial charge in [-0.2, -0.15) is 5.10 Å². The van der Waals surface area contributed by atoms with Gasteiger partial charge in [-0.25, -0.2) is 0 Å². The quantitative estimate of drug-likeness (QED) is 0.226. The lowest BCUT2D eigenvalue weighted by Gasteiger charge is -1.90. The monoisotopic (exact) mass is 183 g/mol. The van der Waals surface area contributed by atoms with Gasteiger partial charge in [0, 0.05) is 12.1 Å². The Bertz CT molecular complexity index is 262. The maximum absolute atomic E-state index is 10.3. The normalized spacial score (nSPS) is 11.6. The fourth-order valence-electron chi connectivity index (χ4n) is 0.530. The second-order valence-corrected chi connectivity index (χ2v) is 2.37. The summed E-state index contributed by atoms with van der Waals surface area (Å²) in [6, 6.07) is 0. The SMILES string of the molecule is CC(CC=CC(N)=O)=NN=C(N)N. The van der Waals surface area contributed by atoms with Crippen LogP contribution < -0.4 is 17.2 Å². The number of hydrogen-bond donors (Lipinski definition) is 3. The van der Waals surface area contributed by atoms with E-state index in [0.717, 1.165) is 0 Å². The first-order chi connectivity index (χ1) is 6.02. The molecule has 0 rings (SSSR count). The third-order valence-corrected chi connectivity index (χ3v) is 1.03. The Balaban J connectivity index is 4.01. The van der Waals surface area contributed by atoms with Gasteiger partial charge in [0.2, 0.25) is 11.9 Å². The van der Waals surface area contributed by atoms with Crippen molar-refractivity contribution in [3.05, 3.63) is 12.2 Å². The fraction of sp³-hybridized carbons (Fsp3) is 0.286. The Morgan fingerprint density at radius 1 is 1.31 bits per heavy atom. The third-order valence-electron chi connectivity index (χ3n) is 1.03. The van der Waals surface area contributed by atoms with Gasteiger partial charge < -0.3 is 17.2 Å². The lowest BCUT2D eigenvalue weighted by molar-refractivity contribution is -0.113. The predicted octanol–water partition coefficient (Wildman–Crippen LogP) is -0.933. The molecule has 0 aromatic heterocycles. The maximum Gasteiger partial charge on any atom is 0.241 e. The van der Waals surface area contributed by atoms with E-state index >= 15 is 0 Å². The molecule has 0 aliphatic heterocycles. The van der Waals surface area contributed by atoms with E-state index in [4.69, 9.17) is 17.2 Å². The van der Waals surface area contributed by atoms with Gasteiger partial charge in [-0.1, -0.05) is 6.08 Å². The van der Waals surface area contributed by atoms with Gasteiger partial charge in [-0.15, -0.1) is 5.10 Å². The molecule has 0 bridgehead atoms. The van der Waals surface area contributed by atoms with Crippen LogP contribution in [0.15, 0.2) is 22.4 Å². The molecule has 0 unspecified atom stereocenters. The van der Waals surface area contributed by atoms with E-state index in [1.165, 1.54) is 6.08 Å². The number of primary amides is 1. The van der Waals surface area contributed by atoms with Gasteiger partial charge in [0.15, 0.2) is 0 Å². The molecule has 0 spiro atoms. The summed E-state index contributed by atoms with van der Waals surface area (Å²) in [4.78, 5) is 10.3. The number of hydrogen-bond acceptors (Lipinski definition) is 3. The second kappa shape index (κ2) is 5.76. The first-order valence-electron chi connectivity index (χ1n) is 3.60. The molecule has 0 aliphatic rings. The van der Waals surface area contributed by atoms with E-state index < -0.39 is 5.91 Å². The van der Waals surface area contributed by atoms with Crippen LogP contribution in [-0.4, -0.2) is 17.6 Å². The molecule has 6 heteroatoms. The van der Waals surface area contributed by atoms with Gasteiger partial charge in [0.25, 0.3) is 0 Å². The minimum atomic E-state index is -0.491.